The largest absolute Gasteiger partial charge is 0.480 e. The summed E-state index contributed by atoms with van der Waals surface area (Å²) in [6, 6.07) is 4.04. The summed E-state index contributed by atoms with van der Waals surface area (Å²) >= 11 is 0. The molecule has 0 radical (unpaired) electrons. The number of hydrogen-bond acceptors (Lipinski definition) is 4. The molecule has 1 fully saturated rings. The van der Waals surface area contributed by atoms with E-state index in [2.05, 4.69) is 15.6 Å². The number of carbonyl (C=O) groups is 1. The number of nitrogens with one attached hydrogen (secondary N) is 2. The lowest BCUT2D eigenvalue weighted by Crippen LogP contribution is -2.34. The molecular formula is C13H19N3O2. The number of hydrogen-bond donors (Lipinski definition) is 2. The van der Waals surface area contributed by atoms with Crippen molar-refractivity contribution in [1.29, 1.82) is 0 Å². The summed E-state index contributed by atoms with van der Waals surface area (Å²) in [7, 11) is 1.54. The summed E-state index contributed by atoms with van der Waals surface area (Å²) in [5.74, 6) is 0.375. The Labute approximate surface area is 107 Å². The number of ether oxygens (including phenoxy) is 1. The summed E-state index contributed by atoms with van der Waals surface area (Å²) in [4.78, 5) is 15.8. The fourth-order valence-corrected chi connectivity index (χ4v) is 2.21. The van der Waals surface area contributed by atoms with Gasteiger partial charge >= 0.3 is 0 Å². The van der Waals surface area contributed by atoms with Gasteiger partial charge in [-0.05, 0) is 25.0 Å². The fraction of sp³-hybridized carbons (Fsp3) is 0.538. The molecule has 2 rings (SSSR count). The molecule has 5 nitrogen and oxygen atoms in total. The molecule has 1 heterocycles. The van der Waals surface area contributed by atoms with Crippen LogP contribution in [0.4, 0.5) is 5.69 Å². The highest BCUT2D eigenvalue weighted by molar-refractivity contribution is 5.93. The van der Waals surface area contributed by atoms with Gasteiger partial charge in [0.25, 0.3) is 0 Å². The maximum atomic E-state index is 11.8. The van der Waals surface area contributed by atoms with Gasteiger partial charge in [-0.15, -0.1) is 0 Å². The number of nitrogens with zero attached hydrogens (tertiary/aromatic N) is 1. The van der Waals surface area contributed by atoms with Crippen molar-refractivity contribution in [3.05, 3.63) is 18.3 Å². The molecular weight excluding hydrogens is 230 g/mol. The van der Waals surface area contributed by atoms with Gasteiger partial charge in [0, 0.05) is 12.2 Å². The van der Waals surface area contributed by atoms with Crippen LogP contribution in [0, 0.1) is 0 Å². The van der Waals surface area contributed by atoms with Crippen LogP contribution in [0.5, 0.6) is 5.88 Å². The van der Waals surface area contributed by atoms with Crippen molar-refractivity contribution >= 4 is 11.6 Å². The molecule has 0 unspecified atom stereocenters. The van der Waals surface area contributed by atoms with Crippen molar-refractivity contribution in [1.82, 2.24) is 10.3 Å². The number of aromatic nitrogens is 1. The zero-order valence-corrected chi connectivity index (χ0v) is 10.6. The highest BCUT2D eigenvalue weighted by atomic mass is 16.5. The minimum absolute atomic E-state index is 0.0619. The molecule has 1 aliphatic carbocycles. The standard InChI is InChI=1S/C13H19N3O2/c1-18-13-11(7-4-8-14-13)16-12(17)9-15-10-5-2-3-6-10/h4,7-8,10,15H,2-3,5-6,9H2,1H3,(H,16,17). The van der Waals surface area contributed by atoms with Crippen molar-refractivity contribution in [3.8, 4) is 5.88 Å². The average Bonchev–Trinajstić information content (AvgIpc) is 2.90. The van der Waals surface area contributed by atoms with Crippen LogP contribution < -0.4 is 15.4 Å². The van der Waals surface area contributed by atoms with Crippen molar-refractivity contribution in [3.63, 3.8) is 0 Å². The van der Waals surface area contributed by atoms with E-state index in [9.17, 15) is 4.79 Å². The summed E-state index contributed by atoms with van der Waals surface area (Å²) in [6.45, 7) is 0.336. The third-order valence-electron chi connectivity index (χ3n) is 3.15. The zero-order valence-electron chi connectivity index (χ0n) is 10.6. The number of pyridine rings is 1. The van der Waals surface area contributed by atoms with E-state index in [1.807, 2.05) is 0 Å². The van der Waals surface area contributed by atoms with Crippen LogP contribution in [0.15, 0.2) is 18.3 Å². The number of anilines is 1. The van der Waals surface area contributed by atoms with Gasteiger partial charge in [-0.25, -0.2) is 4.98 Å². The number of carbonyl (C=O) groups excluding carboxylic acids is 1. The van der Waals surface area contributed by atoms with E-state index in [0.717, 1.165) is 0 Å². The van der Waals surface area contributed by atoms with Gasteiger partial charge in [-0.3, -0.25) is 4.79 Å². The minimum atomic E-state index is -0.0619. The molecule has 5 heteroatoms. The lowest BCUT2D eigenvalue weighted by Gasteiger charge is -2.12. The summed E-state index contributed by atoms with van der Waals surface area (Å²) in [5.41, 5.74) is 0.609. The van der Waals surface area contributed by atoms with Crippen molar-refractivity contribution in [2.45, 2.75) is 31.7 Å². The van der Waals surface area contributed by atoms with Crippen LogP contribution in [0.2, 0.25) is 0 Å². The maximum Gasteiger partial charge on any atom is 0.238 e. The van der Waals surface area contributed by atoms with Gasteiger partial charge in [0.15, 0.2) is 0 Å². The first kappa shape index (κ1) is 12.8. The highest BCUT2D eigenvalue weighted by Crippen LogP contribution is 2.20. The van der Waals surface area contributed by atoms with E-state index in [-0.39, 0.29) is 5.91 Å². The van der Waals surface area contributed by atoms with Crippen LogP contribution in [0.25, 0.3) is 0 Å². The van der Waals surface area contributed by atoms with Gasteiger partial charge < -0.3 is 15.4 Å². The van der Waals surface area contributed by atoms with Crippen LogP contribution in [0.1, 0.15) is 25.7 Å². The number of amides is 1. The Morgan fingerprint density at radius 3 is 3.00 bits per heavy atom. The number of rotatable bonds is 5. The highest BCUT2D eigenvalue weighted by Gasteiger charge is 2.15. The SMILES string of the molecule is COc1ncccc1NC(=O)CNC1CCCC1. The molecule has 0 atom stereocenters. The van der Waals surface area contributed by atoms with Crippen molar-refractivity contribution < 1.29 is 9.53 Å². The lowest BCUT2D eigenvalue weighted by molar-refractivity contribution is -0.115. The Morgan fingerprint density at radius 1 is 1.50 bits per heavy atom. The van der Waals surface area contributed by atoms with Crippen LogP contribution in [0.3, 0.4) is 0 Å². The fourth-order valence-electron chi connectivity index (χ4n) is 2.21. The third-order valence-corrected chi connectivity index (χ3v) is 3.15. The predicted molar refractivity (Wildman–Crippen MR) is 69.7 cm³/mol. The molecule has 0 aromatic carbocycles. The monoisotopic (exact) mass is 249 g/mol. The second-order valence-electron chi connectivity index (χ2n) is 4.47. The van der Waals surface area contributed by atoms with Crippen molar-refractivity contribution in [2.24, 2.45) is 0 Å². The molecule has 0 spiro atoms. The average molecular weight is 249 g/mol. The second kappa shape index (κ2) is 6.35. The molecule has 1 aromatic heterocycles. The number of methoxy groups -OCH3 is 1. The van der Waals surface area contributed by atoms with Gasteiger partial charge in [-0.1, -0.05) is 12.8 Å². The van der Waals surface area contributed by atoms with Crippen LogP contribution >= 0.6 is 0 Å². The van der Waals surface area contributed by atoms with E-state index in [4.69, 9.17) is 4.74 Å². The van der Waals surface area contributed by atoms with E-state index in [0.29, 0.717) is 24.2 Å². The summed E-state index contributed by atoms with van der Waals surface area (Å²) in [5, 5.41) is 6.06. The third kappa shape index (κ3) is 3.43. The molecule has 1 saturated carbocycles. The molecule has 0 bridgehead atoms. The van der Waals surface area contributed by atoms with Gasteiger partial charge in [-0.2, -0.15) is 0 Å². The van der Waals surface area contributed by atoms with Crippen LogP contribution in [-0.2, 0) is 4.79 Å². The Balaban J connectivity index is 1.82. The molecule has 1 aliphatic rings. The van der Waals surface area contributed by atoms with E-state index in [1.165, 1.54) is 32.8 Å². The second-order valence-corrected chi connectivity index (χ2v) is 4.47. The molecule has 18 heavy (non-hydrogen) atoms. The lowest BCUT2D eigenvalue weighted by atomic mass is 10.2. The topological polar surface area (TPSA) is 63.2 Å². The molecule has 2 N–H and O–H groups in total. The predicted octanol–water partition coefficient (Wildman–Crippen LogP) is 1.56. The van der Waals surface area contributed by atoms with Gasteiger partial charge in [0.1, 0.15) is 5.69 Å². The first-order valence-corrected chi connectivity index (χ1v) is 6.32. The maximum absolute atomic E-state index is 11.8. The Kier molecular flexibility index (Phi) is 4.52. The molecule has 1 amide bonds. The normalized spacial score (nSPS) is 15.6. The summed E-state index contributed by atoms with van der Waals surface area (Å²) < 4.78 is 5.08. The smallest absolute Gasteiger partial charge is 0.238 e. The molecule has 98 valence electrons. The zero-order chi connectivity index (χ0) is 12.8. The first-order chi connectivity index (χ1) is 8.79. The molecule has 1 aromatic rings. The Hall–Kier alpha value is -1.62. The van der Waals surface area contributed by atoms with Gasteiger partial charge in [0.2, 0.25) is 11.8 Å². The van der Waals surface area contributed by atoms with Crippen LogP contribution in [-0.4, -0.2) is 30.6 Å². The Morgan fingerprint density at radius 2 is 2.28 bits per heavy atom. The van der Waals surface area contributed by atoms with E-state index >= 15 is 0 Å². The Bertz CT molecular complexity index is 403. The van der Waals surface area contributed by atoms with E-state index in [1.54, 1.807) is 18.3 Å². The summed E-state index contributed by atoms with van der Waals surface area (Å²) in [6.07, 6.45) is 6.49. The quantitative estimate of drug-likeness (QED) is 0.831. The first-order valence-electron chi connectivity index (χ1n) is 6.32. The minimum Gasteiger partial charge on any atom is -0.480 e. The molecule has 0 saturated heterocycles. The van der Waals surface area contributed by atoms with Crippen molar-refractivity contribution in [2.75, 3.05) is 19.0 Å². The van der Waals surface area contributed by atoms with E-state index < -0.39 is 0 Å². The van der Waals surface area contributed by atoms with Gasteiger partial charge in [0.05, 0.1) is 13.7 Å². The molecule has 0 aliphatic heterocycles.